The van der Waals surface area contributed by atoms with E-state index in [1.165, 1.54) is 19.3 Å². The van der Waals surface area contributed by atoms with E-state index >= 15 is 0 Å². The van der Waals surface area contributed by atoms with E-state index in [1.807, 2.05) is 18.2 Å². The molecule has 1 aliphatic rings. The van der Waals surface area contributed by atoms with Gasteiger partial charge in [-0.3, -0.25) is 4.79 Å². The summed E-state index contributed by atoms with van der Waals surface area (Å²) in [5, 5.41) is 0. The number of fused-ring (bicyclic) bond motifs is 1. The molecule has 1 heterocycles. The Hall–Kier alpha value is -1.64. The maximum atomic E-state index is 12.5. The summed E-state index contributed by atoms with van der Waals surface area (Å²) in [4.78, 5) is 17.1. The van der Waals surface area contributed by atoms with Crippen LogP contribution in [0.25, 0.3) is 11.0 Å². The van der Waals surface area contributed by atoms with Crippen molar-refractivity contribution in [1.82, 2.24) is 9.55 Å². The lowest BCUT2D eigenvalue weighted by molar-refractivity contribution is -0.123. The highest BCUT2D eigenvalue weighted by atomic mass is 16.1. The van der Waals surface area contributed by atoms with Crippen LogP contribution in [0.2, 0.25) is 0 Å². The molecule has 2 aromatic rings. The first-order valence-corrected chi connectivity index (χ1v) is 7.76. The van der Waals surface area contributed by atoms with E-state index in [4.69, 9.17) is 0 Å². The van der Waals surface area contributed by atoms with Crippen molar-refractivity contribution in [3.8, 4) is 0 Å². The highest BCUT2D eigenvalue weighted by molar-refractivity contribution is 5.84. The molecule has 0 radical (unpaired) electrons. The van der Waals surface area contributed by atoms with E-state index in [-0.39, 0.29) is 5.92 Å². The Morgan fingerprint density at radius 1 is 1.25 bits per heavy atom. The molecule has 0 N–H and O–H groups in total. The molecule has 0 aliphatic heterocycles. The number of benzene rings is 1. The van der Waals surface area contributed by atoms with E-state index < -0.39 is 0 Å². The van der Waals surface area contributed by atoms with Gasteiger partial charge in [0.05, 0.1) is 17.5 Å². The van der Waals surface area contributed by atoms with Crippen molar-refractivity contribution in [3.63, 3.8) is 0 Å². The average Bonchev–Trinajstić information content (AvgIpc) is 2.85. The fourth-order valence-electron chi connectivity index (χ4n) is 3.34. The number of carbonyl (C=O) groups excluding carboxylic acids is 1. The molecule has 1 fully saturated rings. The summed E-state index contributed by atoms with van der Waals surface area (Å²) in [6, 6.07) is 8.14. The molecule has 3 heteroatoms. The lowest BCUT2D eigenvalue weighted by atomic mass is 9.85. The Morgan fingerprint density at radius 2 is 2.00 bits per heavy atom. The second-order valence-corrected chi connectivity index (χ2v) is 5.74. The summed E-state index contributed by atoms with van der Waals surface area (Å²) >= 11 is 0. The van der Waals surface area contributed by atoms with Gasteiger partial charge in [-0.1, -0.05) is 31.4 Å². The summed E-state index contributed by atoms with van der Waals surface area (Å²) in [5.74, 6) is 1.59. The minimum Gasteiger partial charge on any atom is -0.328 e. The molecule has 0 unspecified atom stereocenters. The van der Waals surface area contributed by atoms with Crippen molar-refractivity contribution < 1.29 is 4.79 Å². The fourth-order valence-corrected chi connectivity index (χ4v) is 3.34. The number of para-hydroxylation sites is 2. The third-order valence-electron chi connectivity index (χ3n) is 4.44. The first kappa shape index (κ1) is 13.3. The maximum Gasteiger partial charge on any atom is 0.143 e. The molecular formula is C17H22N2O. The smallest absolute Gasteiger partial charge is 0.143 e. The summed E-state index contributed by atoms with van der Waals surface area (Å²) in [6.07, 6.45) is 6.35. The molecule has 3 nitrogen and oxygen atoms in total. The molecule has 1 aliphatic carbocycles. The molecule has 106 valence electrons. The molecule has 0 saturated heterocycles. The van der Waals surface area contributed by atoms with Gasteiger partial charge in [-0.05, 0) is 31.9 Å². The highest BCUT2D eigenvalue weighted by Crippen LogP contribution is 2.26. The number of imidazole rings is 1. The molecule has 0 atom stereocenters. The normalized spacial score (nSPS) is 16.6. The topological polar surface area (TPSA) is 34.9 Å². The monoisotopic (exact) mass is 270 g/mol. The predicted molar refractivity (Wildman–Crippen MR) is 80.7 cm³/mol. The van der Waals surface area contributed by atoms with Crippen LogP contribution < -0.4 is 0 Å². The van der Waals surface area contributed by atoms with Crippen LogP contribution in [-0.2, 0) is 17.8 Å². The van der Waals surface area contributed by atoms with Gasteiger partial charge >= 0.3 is 0 Å². The minimum atomic E-state index is 0.272. The van der Waals surface area contributed by atoms with Gasteiger partial charge in [0.1, 0.15) is 11.6 Å². The Bertz CT molecular complexity index is 608. The standard InChI is InChI=1S/C17H22N2O/c1-2-19-15-11-7-6-10-14(15)18-17(19)12-16(20)13-8-4-3-5-9-13/h6-7,10-11,13H,2-5,8-9,12H2,1H3. The van der Waals surface area contributed by atoms with Crippen LogP contribution in [0.1, 0.15) is 44.9 Å². The van der Waals surface area contributed by atoms with Crippen LogP contribution in [0, 0.1) is 5.92 Å². The second kappa shape index (κ2) is 5.78. The number of ketones is 1. The summed E-state index contributed by atoms with van der Waals surface area (Å²) in [7, 11) is 0. The van der Waals surface area contributed by atoms with Crippen LogP contribution in [0.5, 0.6) is 0 Å². The molecule has 0 spiro atoms. The van der Waals surface area contributed by atoms with Gasteiger partial charge in [0.2, 0.25) is 0 Å². The number of hydrogen-bond donors (Lipinski definition) is 0. The Balaban J connectivity index is 1.84. The minimum absolute atomic E-state index is 0.272. The largest absolute Gasteiger partial charge is 0.328 e. The predicted octanol–water partition coefficient (Wildman–Crippen LogP) is 3.75. The zero-order valence-corrected chi connectivity index (χ0v) is 12.1. The van der Waals surface area contributed by atoms with Gasteiger partial charge in [0, 0.05) is 12.5 Å². The van der Waals surface area contributed by atoms with Crippen LogP contribution in [0.3, 0.4) is 0 Å². The highest BCUT2D eigenvalue weighted by Gasteiger charge is 2.23. The van der Waals surface area contributed by atoms with E-state index in [1.54, 1.807) is 0 Å². The summed E-state index contributed by atoms with van der Waals surface area (Å²) in [5.41, 5.74) is 2.14. The van der Waals surface area contributed by atoms with E-state index in [0.29, 0.717) is 12.2 Å². The molecule has 3 rings (SSSR count). The Kier molecular flexibility index (Phi) is 3.86. The number of aromatic nitrogens is 2. The van der Waals surface area contributed by atoms with Gasteiger partial charge in [-0.25, -0.2) is 4.98 Å². The number of carbonyl (C=O) groups is 1. The first-order valence-electron chi connectivity index (χ1n) is 7.76. The Labute approximate surface area is 120 Å². The number of Topliss-reactive ketones (excluding diaryl/α,β-unsaturated/α-hetero) is 1. The SMILES string of the molecule is CCn1c(CC(=O)C2CCCCC2)nc2ccccc21. The molecule has 1 aromatic carbocycles. The molecule has 20 heavy (non-hydrogen) atoms. The van der Waals surface area contributed by atoms with Crippen LogP contribution in [-0.4, -0.2) is 15.3 Å². The van der Waals surface area contributed by atoms with Crippen LogP contribution in [0.4, 0.5) is 0 Å². The zero-order chi connectivity index (χ0) is 13.9. The number of aryl methyl sites for hydroxylation is 1. The average molecular weight is 270 g/mol. The Morgan fingerprint density at radius 3 is 2.75 bits per heavy atom. The van der Waals surface area contributed by atoms with E-state index in [9.17, 15) is 4.79 Å². The van der Waals surface area contributed by atoms with Gasteiger partial charge in [-0.2, -0.15) is 0 Å². The van der Waals surface area contributed by atoms with Gasteiger partial charge in [0.15, 0.2) is 0 Å². The van der Waals surface area contributed by atoms with Crippen molar-refractivity contribution in [2.24, 2.45) is 5.92 Å². The fraction of sp³-hybridized carbons (Fsp3) is 0.529. The zero-order valence-electron chi connectivity index (χ0n) is 12.1. The van der Waals surface area contributed by atoms with Crippen molar-refractivity contribution in [2.45, 2.75) is 52.0 Å². The van der Waals surface area contributed by atoms with E-state index in [0.717, 1.165) is 36.2 Å². The molecule has 1 saturated carbocycles. The summed E-state index contributed by atoms with van der Waals surface area (Å²) in [6.45, 7) is 2.98. The van der Waals surface area contributed by atoms with Gasteiger partial charge in [0.25, 0.3) is 0 Å². The van der Waals surface area contributed by atoms with Crippen molar-refractivity contribution in [2.75, 3.05) is 0 Å². The van der Waals surface area contributed by atoms with Crippen LogP contribution >= 0.6 is 0 Å². The quantitative estimate of drug-likeness (QED) is 0.848. The number of rotatable bonds is 4. The van der Waals surface area contributed by atoms with Gasteiger partial charge in [-0.15, -0.1) is 0 Å². The first-order chi connectivity index (χ1) is 9.79. The third kappa shape index (κ3) is 2.49. The molecular weight excluding hydrogens is 248 g/mol. The molecule has 0 bridgehead atoms. The number of nitrogens with zero attached hydrogens (tertiary/aromatic N) is 2. The lowest BCUT2D eigenvalue weighted by Gasteiger charge is -2.20. The lowest BCUT2D eigenvalue weighted by Crippen LogP contribution is -2.21. The van der Waals surface area contributed by atoms with Crippen molar-refractivity contribution in [3.05, 3.63) is 30.1 Å². The second-order valence-electron chi connectivity index (χ2n) is 5.74. The van der Waals surface area contributed by atoms with Crippen LogP contribution in [0.15, 0.2) is 24.3 Å². The molecule has 0 amide bonds. The maximum absolute atomic E-state index is 12.5. The van der Waals surface area contributed by atoms with Crippen molar-refractivity contribution in [1.29, 1.82) is 0 Å². The number of hydrogen-bond acceptors (Lipinski definition) is 2. The molecule has 1 aromatic heterocycles. The van der Waals surface area contributed by atoms with E-state index in [2.05, 4.69) is 22.5 Å². The van der Waals surface area contributed by atoms with Gasteiger partial charge < -0.3 is 4.57 Å². The summed E-state index contributed by atoms with van der Waals surface area (Å²) < 4.78 is 2.18. The third-order valence-corrected chi connectivity index (χ3v) is 4.44. The van der Waals surface area contributed by atoms with Crippen molar-refractivity contribution >= 4 is 16.8 Å².